The Hall–Kier alpha value is -5.18. The van der Waals surface area contributed by atoms with E-state index in [2.05, 4.69) is 145 Å². The third-order valence-electron chi connectivity index (χ3n) is 9.05. The summed E-state index contributed by atoms with van der Waals surface area (Å²) in [6.07, 6.45) is 6.32. The fourth-order valence-corrected chi connectivity index (χ4v) is 8.56. The molecule has 8 aromatic rings. The van der Waals surface area contributed by atoms with Crippen LogP contribution in [0.2, 0.25) is 0 Å². The number of hydrogen-bond acceptors (Lipinski definition) is 1. The van der Waals surface area contributed by atoms with Crippen molar-refractivity contribution in [3.63, 3.8) is 0 Å². The van der Waals surface area contributed by atoms with Crippen molar-refractivity contribution < 1.29 is 0 Å². The number of benzene rings is 6. The maximum Gasteiger partial charge on any atom is 0.0719 e. The molecule has 0 fully saturated rings. The van der Waals surface area contributed by atoms with Gasteiger partial charge in [0.1, 0.15) is 0 Å². The largest absolute Gasteiger partial charge is 0.308 e. The van der Waals surface area contributed by atoms with Crippen LogP contribution in [0.3, 0.4) is 0 Å². The van der Waals surface area contributed by atoms with Crippen LogP contribution >= 0.6 is 11.3 Å². The van der Waals surface area contributed by atoms with Gasteiger partial charge >= 0.3 is 0 Å². The molecule has 0 spiro atoms. The molecule has 0 saturated carbocycles. The second-order valence-electron chi connectivity index (χ2n) is 11.3. The lowest BCUT2D eigenvalue weighted by Crippen LogP contribution is -1.93. The zero-order valence-electron chi connectivity index (χ0n) is 23.8. The van der Waals surface area contributed by atoms with Crippen molar-refractivity contribution in [1.82, 2.24) is 4.57 Å². The molecule has 2 aromatic heterocycles. The molecule has 0 radical (unpaired) electrons. The third kappa shape index (κ3) is 3.33. The van der Waals surface area contributed by atoms with Crippen LogP contribution < -0.4 is 0 Å². The Kier molecular flexibility index (Phi) is 5.20. The molecular weight excluding hydrogens is 539 g/mol. The Balaban J connectivity index is 1.36. The molecule has 1 nitrogen and oxygen atoms in total. The summed E-state index contributed by atoms with van der Waals surface area (Å²) in [7, 11) is 0. The number of aromatic nitrogens is 1. The zero-order valence-corrected chi connectivity index (χ0v) is 24.6. The van der Waals surface area contributed by atoms with E-state index < -0.39 is 0 Å². The molecule has 9 rings (SSSR count). The Bertz CT molecular complexity index is 2440. The van der Waals surface area contributed by atoms with Crippen molar-refractivity contribution in [2.45, 2.75) is 6.92 Å². The van der Waals surface area contributed by atoms with Crippen molar-refractivity contribution in [3.8, 4) is 39.1 Å². The summed E-state index contributed by atoms with van der Waals surface area (Å²) in [5.41, 5.74) is 12.7. The first-order valence-electron chi connectivity index (χ1n) is 14.8. The highest BCUT2D eigenvalue weighted by Crippen LogP contribution is 2.50. The highest BCUT2D eigenvalue weighted by Gasteiger charge is 2.23. The number of thiophene rings is 1. The first-order valence-corrected chi connectivity index (χ1v) is 15.6. The maximum absolute atomic E-state index is 4.17. The van der Waals surface area contributed by atoms with Crippen molar-refractivity contribution in [2.75, 3.05) is 0 Å². The quantitative estimate of drug-likeness (QED) is 0.200. The summed E-state index contributed by atoms with van der Waals surface area (Å²) in [5.74, 6) is 0. The molecule has 2 heterocycles. The summed E-state index contributed by atoms with van der Waals surface area (Å²) in [4.78, 5) is 1.25. The summed E-state index contributed by atoms with van der Waals surface area (Å²) >= 11 is 1.85. The maximum atomic E-state index is 4.17. The molecule has 6 aromatic carbocycles. The van der Waals surface area contributed by atoms with Gasteiger partial charge in [-0.15, -0.1) is 11.3 Å². The van der Waals surface area contributed by atoms with Crippen molar-refractivity contribution in [1.29, 1.82) is 0 Å². The predicted octanol–water partition coefficient (Wildman–Crippen LogP) is 12.1. The van der Waals surface area contributed by atoms with Crippen LogP contribution in [0.15, 0.2) is 128 Å². The second-order valence-corrected chi connectivity index (χ2v) is 12.3. The smallest absolute Gasteiger partial charge is 0.0719 e. The summed E-state index contributed by atoms with van der Waals surface area (Å²) < 4.78 is 3.74. The molecule has 1 aliphatic rings. The molecule has 0 bridgehead atoms. The fourth-order valence-electron chi connectivity index (χ4n) is 7.25. The third-order valence-corrected chi connectivity index (χ3v) is 10.2. The van der Waals surface area contributed by atoms with Gasteiger partial charge < -0.3 is 4.57 Å². The molecule has 202 valence electrons. The van der Waals surface area contributed by atoms with E-state index >= 15 is 0 Å². The minimum atomic E-state index is 1.17. The van der Waals surface area contributed by atoms with Gasteiger partial charge in [0, 0.05) is 26.7 Å². The minimum absolute atomic E-state index is 1.17. The van der Waals surface area contributed by atoms with Crippen molar-refractivity contribution in [2.24, 2.45) is 0 Å². The minimum Gasteiger partial charge on any atom is -0.308 e. The molecule has 43 heavy (non-hydrogen) atoms. The lowest BCUT2D eigenvalue weighted by Gasteiger charge is -2.11. The van der Waals surface area contributed by atoms with Gasteiger partial charge in [0.05, 0.1) is 15.7 Å². The standard InChI is InChI=1S/C41H27NS/c1-3-11-38-27(4-2)35-22-21-34-36-24-25(18-23-37(36)42(40(34)41(35)43-38)26-12-6-5-7-13-26)28-19-20-33-30-15-9-8-14-29(30)32-17-10-16-31(28)39(32)33/h3-24H,2H2,1H3/b11-3-. The van der Waals surface area contributed by atoms with Crippen molar-refractivity contribution >= 4 is 66.2 Å². The van der Waals surface area contributed by atoms with Crippen molar-refractivity contribution in [3.05, 3.63) is 138 Å². The highest BCUT2D eigenvalue weighted by molar-refractivity contribution is 7.21. The molecule has 0 atom stereocenters. The van der Waals surface area contributed by atoms with Crippen LogP contribution in [0.1, 0.15) is 17.4 Å². The number of rotatable bonds is 4. The monoisotopic (exact) mass is 565 g/mol. The molecule has 2 heteroatoms. The van der Waals surface area contributed by atoms with Gasteiger partial charge in [0.15, 0.2) is 0 Å². The lowest BCUT2D eigenvalue weighted by atomic mass is 9.93. The average Bonchev–Trinajstić information content (AvgIpc) is 3.70. The van der Waals surface area contributed by atoms with Crippen LogP contribution in [-0.4, -0.2) is 4.57 Å². The van der Waals surface area contributed by atoms with E-state index in [0.29, 0.717) is 0 Å². The lowest BCUT2D eigenvalue weighted by molar-refractivity contribution is 1.19. The van der Waals surface area contributed by atoms with Crippen LogP contribution in [0.4, 0.5) is 0 Å². The Morgan fingerprint density at radius 1 is 0.628 bits per heavy atom. The normalized spacial score (nSPS) is 12.3. The summed E-state index contributed by atoms with van der Waals surface area (Å²) in [6, 6.07) is 42.6. The van der Waals surface area contributed by atoms with Gasteiger partial charge in [-0.05, 0) is 87.0 Å². The van der Waals surface area contributed by atoms with E-state index in [1.807, 2.05) is 17.4 Å². The van der Waals surface area contributed by atoms with Crippen LogP contribution in [0.5, 0.6) is 0 Å². The van der Waals surface area contributed by atoms with Gasteiger partial charge in [-0.25, -0.2) is 0 Å². The average molecular weight is 566 g/mol. The molecule has 0 aliphatic heterocycles. The van der Waals surface area contributed by atoms with E-state index in [-0.39, 0.29) is 0 Å². The van der Waals surface area contributed by atoms with Gasteiger partial charge in [-0.2, -0.15) is 0 Å². The Morgan fingerprint density at radius 2 is 1.35 bits per heavy atom. The van der Waals surface area contributed by atoms with E-state index in [4.69, 9.17) is 0 Å². The molecule has 1 aliphatic carbocycles. The molecule has 0 N–H and O–H groups in total. The van der Waals surface area contributed by atoms with E-state index in [9.17, 15) is 0 Å². The van der Waals surface area contributed by atoms with E-state index in [0.717, 1.165) is 0 Å². The summed E-state index contributed by atoms with van der Waals surface area (Å²) in [5, 5.41) is 6.47. The number of nitrogens with zero attached hydrogens (tertiary/aromatic N) is 1. The van der Waals surface area contributed by atoms with Crippen LogP contribution in [0, 0.1) is 0 Å². The summed E-state index contributed by atoms with van der Waals surface area (Å²) in [6.45, 7) is 6.24. The predicted molar refractivity (Wildman–Crippen MR) is 188 cm³/mol. The second kappa shape index (κ2) is 9.16. The molecule has 0 amide bonds. The van der Waals surface area contributed by atoms with Gasteiger partial charge in [-0.1, -0.05) is 110 Å². The van der Waals surface area contributed by atoms with E-state index in [1.54, 1.807) is 0 Å². The number of allylic oxidation sites excluding steroid dienone is 1. The highest BCUT2D eigenvalue weighted by atomic mass is 32.1. The van der Waals surface area contributed by atoms with Crippen LogP contribution in [-0.2, 0) is 0 Å². The van der Waals surface area contributed by atoms with E-state index in [1.165, 1.54) is 92.2 Å². The SMILES string of the molecule is C=Cc1c(/C=C\C)sc2c1ccc1c3cc(-c4ccc5c6c(cccc46)-c4ccccc4-5)ccc3n(-c3ccccc3)c12. The molecule has 0 unspecified atom stereocenters. The first kappa shape index (κ1) is 24.4. The fraction of sp³-hybridized carbons (Fsp3) is 0.0244. The van der Waals surface area contributed by atoms with Crippen LogP contribution in [0.25, 0.3) is 93.9 Å². The van der Waals surface area contributed by atoms with Gasteiger partial charge in [0.2, 0.25) is 0 Å². The molecule has 0 saturated heterocycles. The topological polar surface area (TPSA) is 4.93 Å². The number of para-hydroxylation sites is 1. The van der Waals surface area contributed by atoms with Gasteiger partial charge in [-0.3, -0.25) is 0 Å². The number of fused-ring (bicyclic) bond motifs is 8. The Morgan fingerprint density at radius 3 is 2.14 bits per heavy atom. The number of hydrogen-bond donors (Lipinski definition) is 0. The Labute approximate surface area is 254 Å². The first-order chi connectivity index (χ1) is 21.3. The van der Waals surface area contributed by atoms with Gasteiger partial charge in [0.25, 0.3) is 0 Å². The molecular formula is C41H27NS. The zero-order chi connectivity index (χ0) is 28.7.